The molecule has 21 heavy (non-hydrogen) atoms. The summed E-state index contributed by atoms with van der Waals surface area (Å²) in [5.41, 5.74) is 2.66. The Bertz CT molecular complexity index is 664. The number of carbonyl (C=O) groups is 1. The summed E-state index contributed by atoms with van der Waals surface area (Å²) in [6, 6.07) is 9.71. The summed E-state index contributed by atoms with van der Waals surface area (Å²) in [6.07, 6.45) is 2.34. The predicted octanol–water partition coefficient (Wildman–Crippen LogP) is 2.69. The topological polar surface area (TPSA) is 76.7 Å². The third-order valence-corrected chi connectivity index (χ3v) is 3.33. The quantitative estimate of drug-likeness (QED) is 0.937. The van der Waals surface area contributed by atoms with E-state index in [4.69, 9.17) is 9.36 Å². The fraction of sp³-hybridized carbons (Fsp3) is 0.267. The van der Waals surface area contributed by atoms with Crippen molar-refractivity contribution in [1.29, 1.82) is 0 Å². The highest BCUT2D eigenvalue weighted by atomic mass is 16.6. The van der Waals surface area contributed by atoms with Crippen molar-refractivity contribution in [1.82, 2.24) is 5.16 Å². The second kappa shape index (κ2) is 5.78. The van der Waals surface area contributed by atoms with Gasteiger partial charge in [0.2, 0.25) is 0 Å². The molecular weight excluding hydrogens is 270 g/mol. The first-order valence-corrected chi connectivity index (χ1v) is 6.80. The van der Waals surface area contributed by atoms with Crippen molar-refractivity contribution in [3.05, 3.63) is 47.9 Å². The number of benzene rings is 1. The maximum Gasteiger partial charge on any atom is 0.273 e. The Morgan fingerprint density at radius 2 is 2.19 bits per heavy atom. The minimum atomic E-state index is -0.286. The maximum absolute atomic E-state index is 12.2. The lowest BCUT2D eigenvalue weighted by molar-refractivity contribution is -0.110. The summed E-state index contributed by atoms with van der Waals surface area (Å²) in [4.78, 5) is 17.5. The Morgan fingerprint density at radius 3 is 2.95 bits per heavy atom. The van der Waals surface area contributed by atoms with E-state index in [0.717, 1.165) is 5.56 Å². The van der Waals surface area contributed by atoms with E-state index in [1.165, 1.54) is 6.26 Å². The average Bonchev–Trinajstić information content (AvgIpc) is 3.17. The van der Waals surface area contributed by atoms with E-state index in [1.54, 1.807) is 0 Å². The maximum atomic E-state index is 12.2. The molecule has 6 heteroatoms. The number of hydrogen-bond acceptors (Lipinski definition) is 5. The van der Waals surface area contributed by atoms with Crippen LogP contribution in [-0.2, 0) is 16.1 Å². The van der Waals surface area contributed by atoms with Gasteiger partial charge in [-0.1, -0.05) is 47.6 Å². The fourth-order valence-electron chi connectivity index (χ4n) is 2.17. The molecule has 0 saturated carbocycles. The molecule has 0 bridgehead atoms. The van der Waals surface area contributed by atoms with Crippen LogP contribution in [0.15, 0.2) is 46.3 Å². The molecule has 2 aromatic rings. The van der Waals surface area contributed by atoms with E-state index in [9.17, 15) is 4.79 Å². The van der Waals surface area contributed by atoms with E-state index in [0.29, 0.717) is 29.9 Å². The van der Waals surface area contributed by atoms with Crippen LogP contribution in [0.5, 0.6) is 0 Å². The molecule has 108 valence electrons. The van der Waals surface area contributed by atoms with Crippen molar-refractivity contribution in [2.24, 2.45) is 5.16 Å². The number of hydrogen-bond donors (Lipinski definition) is 1. The van der Waals surface area contributed by atoms with Gasteiger partial charge in [0.05, 0.1) is 0 Å². The third kappa shape index (κ3) is 2.79. The first-order chi connectivity index (χ1) is 10.3. The highest BCUT2D eigenvalue weighted by molar-refractivity contribution is 6.43. The van der Waals surface area contributed by atoms with Crippen LogP contribution in [-0.4, -0.2) is 16.8 Å². The zero-order chi connectivity index (χ0) is 14.7. The van der Waals surface area contributed by atoms with E-state index in [2.05, 4.69) is 15.6 Å². The van der Waals surface area contributed by atoms with Crippen molar-refractivity contribution in [3.8, 4) is 0 Å². The van der Waals surface area contributed by atoms with Crippen molar-refractivity contribution in [2.45, 2.75) is 25.9 Å². The van der Waals surface area contributed by atoms with Gasteiger partial charge in [0.25, 0.3) is 5.91 Å². The van der Waals surface area contributed by atoms with Gasteiger partial charge >= 0.3 is 0 Å². The number of rotatable bonds is 4. The Kier molecular flexibility index (Phi) is 3.68. The van der Waals surface area contributed by atoms with Gasteiger partial charge in [0, 0.05) is 6.42 Å². The van der Waals surface area contributed by atoms with E-state index >= 15 is 0 Å². The molecule has 1 N–H and O–H groups in total. The summed E-state index contributed by atoms with van der Waals surface area (Å²) in [5, 5.41) is 10.4. The normalized spacial score (nSPS) is 17.2. The van der Waals surface area contributed by atoms with Crippen LogP contribution in [0.2, 0.25) is 0 Å². The Hall–Kier alpha value is -2.63. The SMILES string of the molecule is CCc1nocc1NC(=O)C1=NOC(c2ccccc2)C1. The van der Waals surface area contributed by atoms with E-state index in [-0.39, 0.29) is 12.0 Å². The van der Waals surface area contributed by atoms with Gasteiger partial charge in [-0.05, 0) is 12.0 Å². The summed E-state index contributed by atoms with van der Waals surface area (Å²) in [6.45, 7) is 1.94. The van der Waals surface area contributed by atoms with Gasteiger partial charge in [-0.3, -0.25) is 4.79 Å². The molecule has 3 rings (SSSR count). The lowest BCUT2D eigenvalue weighted by Crippen LogP contribution is -2.22. The van der Waals surface area contributed by atoms with Crippen molar-refractivity contribution >= 4 is 17.3 Å². The minimum Gasteiger partial charge on any atom is -0.387 e. The molecule has 1 unspecified atom stereocenters. The van der Waals surface area contributed by atoms with Crippen molar-refractivity contribution < 1.29 is 14.2 Å². The molecule has 6 nitrogen and oxygen atoms in total. The molecule has 0 saturated heterocycles. The van der Waals surface area contributed by atoms with Crippen LogP contribution in [0.3, 0.4) is 0 Å². The molecule has 0 spiro atoms. The summed E-state index contributed by atoms with van der Waals surface area (Å²) in [5.74, 6) is -0.286. The molecule has 0 aliphatic carbocycles. The molecule has 1 amide bonds. The second-order valence-corrected chi connectivity index (χ2v) is 4.73. The van der Waals surface area contributed by atoms with Gasteiger partial charge < -0.3 is 14.7 Å². The molecule has 1 aliphatic rings. The van der Waals surface area contributed by atoms with E-state index < -0.39 is 0 Å². The first kappa shape index (κ1) is 13.4. The Balaban J connectivity index is 1.65. The number of nitrogens with zero attached hydrogens (tertiary/aromatic N) is 2. The first-order valence-electron chi connectivity index (χ1n) is 6.80. The van der Waals surface area contributed by atoms with Crippen molar-refractivity contribution in [3.63, 3.8) is 0 Å². The number of aryl methyl sites for hydroxylation is 1. The Labute approximate surface area is 121 Å². The summed E-state index contributed by atoms with van der Waals surface area (Å²) >= 11 is 0. The van der Waals surface area contributed by atoms with Gasteiger partial charge in [-0.25, -0.2) is 0 Å². The molecule has 1 atom stereocenters. The molecule has 1 aromatic heterocycles. The largest absolute Gasteiger partial charge is 0.387 e. The number of anilines is 1. The third-order valence-electron chi connectivity index (χ3n) is 3.33. The zero-order valence-electron chi connectivity index (χ0n) is 11.6. The van der Waals surface area contributed by atoms with E-state index in [1.807, 2.05) is 37.3 Å². The number of carbonyl (C=O) groups excluding carboxylic acids is 1. The van der Waals surface area contributed by atoms with Crippen LogP contribution in [0, 0.1) is 0 Å². The van der Waals surface area contributed by atoms with Crippen LogP contribution in [0.4, 0.5) is 5.69 Å². The summed E-state index contributed by atoms with van der Waals surface area (Å²) in [7, 11) is 0. The predicted molar refractivity (Wildman–Crippen MR) is 76.8 cm³/mol. The van der Waals surface area contributed by atoms with Crippen LogP contribution in [0.1, 0.15) is 30.7 Å². The number of amides is 1. The van der Waals surface area contributed by atoms with Crippen LogP contribution < -0.4 is 5.32 Å². The molecule has 1 aromatic carbocycles. The molecule has 0 radical (unpaired) electrons. The number of oxime groups is 1. The minimum absolute atomic E-state index is 0.208. The highest BCUT2D eigenvalue weighted by Gasteiger charge is 2.27. The number of aromatic nitrogens is 1. The highest BCUT2D eigenvalue weighted by Crippen LogP contribution is 2.27. The average molecular weight is 285 g/mol. The standard InChI is InChI=1S/C15H15N3O3/c1-2-11-13(9-20-17-11)16-15(19)12-8-14(21-18-12)10-6-4-3-5-7-10/h3-7,9,14H,2,8H2,1H3,(H,16,19). The van der Waals surface area contributed by atoms with Gasteiger partial charge in [-0.15, -0.1) is 0 Å². The summed E-state index contributed by atoms with van der Waals surface area (Å²) < 4.78 is 4.85. The Morgan fingerprint density at radius 1 is 1.38 bits per heavy atom. The fourth-order valence-corrected chi connectivity index (χ4v) is 2.17. The molecular formula is C15H15N3O3. The lowest BCUT2D eigenvalue weighted by Gasteiger charge is -2.07. The van der Waals surface area contributed by atoms with Gasteiger partial charge in [0.15, 0.2) is 6.10 Å². The monoisotopic (exact) mass is 285 g/mol. The lowest BCUT2D eigenvalue weighted by atomic mass is 10.0. The van der Waals surface area contributed by atoms with Gasteiger partial charge in [-0.2, -0.15) is 0 Å². The molecule has 0 fully saturated rings. The smallest absolute Gasteiger partial charge is 0.273 e. The zero-order valence-corrected chi connectivity index (χ0v) is 11.6. The molecule has 2 heterocycles. The van der Waals surface area contributed by atoms with Gasteiger partial charge in [0.1, 0.15) is 23.4 Å². The van der Waals surface area contributed by atoms with Crippen molar-refractivity contribution in [2.75, 3.05) is 5.32 Å². The second-order valence-electron chi connectivity index (χ2n) is 4.73. The van der Waals surface area contributed by atoms with Crippen LogP contribution in [0.25, 0.3) is 0 Å². The van der Waals surface area contributed by atoms with Crippen LogP contribution >= 0.6 is 0 Å². The number of nitrogens with one attached hydrogen (secondary N) is 1. The molecule has 1 aliphatic heterocycles.